The number of nitrogens with two attached hydrogens (primary N) is 1. The quantitative estimate of drug-likeness (QED) is 0.0819. The van der Waals surface area contributed by atoms with E-state index in [1.807, 2.05) is 51.1 Å². The molecule has 330 valence electrons. The number of aromatic nitrogens is 2. The van der Waals surface area contributed by atoms with E-state index < -0.39 is 77.4 Å². The maximum Gasteiger partial charge on any atom is 0.490 e. The number of hydrogen-bond donors (Lipinski definition) is 5. The fourth-order valence-corrected chi connectivity index (χ4v) is 6.27. The molecule has 0 bridgehead atoms. The molecule has 0 spiro atoms. The number of carboxylic acid groups (broad SMARTS) is 1. The lowest BCUT2D eigenvalue weighted by Gasteiger charge is -2.40. The summed E-state index contributed by atoms with van der Waals surface area (Å²) < 4.78 is 62.8. The molecule has 2 atom stereocenters. The number of imide groups is 1. The van der Waals surface area contributed by atoms with E-state index in [-0.39, 0.29) is 43.7 Å². The van der Waals surface area contributed by atoms with Crippen molar-refractivity contribution in [2.24, 2.45) is 11.1 Å². The fourth-order valence-electron chi connectivity index (χ4n) is 6.27. The van der Waals surface area contributed by atoms with Gasteiger partial charge >= 0.3 is 12.1 Å². The third kappa shape index (κ3) is 12.9. The number of hydrogen-bond acceptors (Lipinski definition) is 9. The topological polar surface area (TPSA) is 217 Å². The summed E-state index contributed by atoms with van der Waals surface area (Å²) >= 11 is 0. The van der Waals surface area contributed by atoms with E-state index in [1.54, 1.807) is 22.9 Å². The lowest BCUT2D eigenvalue weighted by atomic mass is 9.84. The molecule has 1 aromatic heterocycles. The zero-order chi connectivity index (χ0) is 45.9. The highest BCUT2D eigenvalue weighted by molar-refractivity contribution is 6.28. The standard InChI is InChI=1S/C40H43F2N7O6.C2HF3O2/c1-40(2,3)37(38-46-32(29-21-26(41)9-14-30(29)42)23-47(38)22-25-7-5-4-6-8-25)48(36(54)24-50)20-18-31(43)39(55)44-19-17-33(51)45-27-10-12-28(13-11-27)49-34(52)15-16-35(49)53;3-2(4,5)1(6)7/h4-16,21,23,31,37,50H,17-20,22,24,43H2,1-3H3,(H,44,55)(H,45,51);(H,6,7)/t31-,37-;/m0./s1. The number of carbonyl (C=O) groups excluding carboxylic acids is 5. The minimum Gasteiger partial charge on any atom is -0.475 e. The monoisotopic (exact) mass is 869 g/mol. The minimum absolute atomic E-state index is 0.0228. The Kier molecular flexibility index (Phi) is 15.9. The number of rotatable bonds is 15. The molecule has 3 aromatic carbocycles. The number of nitrogens with one attached hydrogen (secondary N) is 2. The molecule has 0 saturated carbocycles. The summed E-state index contributed by atoms with van der Waals surface area (Å²) in [6.45, 7) is 4.95. The van der Waals surface area contributed by atoms with E-state index >= 15 is 0 Å². The van der Waals surface area contributed by atoms with Gasteiger partial charge in [0.15, 0.2) is 0 Å². The van der Waals surface area contributed by atoms with Gasteiger partial charge in [0, 0.05) is 55.7 Å². The molecule has 1 aliphatic heterocycles. The molecule has 4 aromatic rings. The molecule has 0 saturated heterocycles. The smallest absolute Gasteiger partial charge is 0.475 e. The highest BCUT2D eigenvalue weighted by atomic mass is 19.4. The van der Waals surface area contributed by atoms with E-state index in [4.69, 9.17) is 20.6 Å². The summed E-state index contributed by atoms with van der Waals surface area (Å²) in [5.41, 5.74) is 7.29. The number of aliphatic hydroxyl groups excluding tert-OH is 1. The van der Waals surface area contributed by atoms with Crippen LogP contribution in [-0.2, 0) is 35.3 Å². The second-order valence-electron chi connectivity index (χ2n) is 14.9. The van der Waals surface area contributed by atoms with Gasteiger partial charge in [-0.3, -0.25) is 24.0 Å². The first-order valence-corrected chi connectivity index (χ1v) is 18.9. The van der Waals surface area contributed by atoms with E-state index in [9.17, 15) is 51.0 Å². The van der Waals surface area contributed by atoms with Crippen LogP contribution in [0.1, 0.15) is 51.0 Å². The number of nitrogens with zero attached hydrogens (tertiary/aromatic N) is 4. The SMILES string of the molecule is CC(C)(C)[C@H](c1nc(-c2cc(F)ccc2F)cn1Cc1ccccc1)N(CC[C@H](N)C(=O)NCCC(=O)Nc1ccc(N2C(=O)C=CC2=O)cc1)C(=O)CO.O=C(O)C(F)(F)F. The van der Waals surface area contributed by atoms with Crippen molar-refractivity contribution in [2.45, 2.75) is 58.4 Å². The van der Waals surface area contributed by atoms with Gasteiger partial charge in [-0.15, -0.1) is 0 Å². The van der Waals surface area contributed by atoms with Crippen LogP contribution in [0.4, 0.5) is 33.3 Å². The number of anilines is 2. The Morgan fingerprint density at radius 3 is 2.10 bits per heavy atom. The van der Waals surface area contributed by atoms with Crippen molar-refractivity contribution >= 4 is 46.9 Å². The van der Waals surface area contributed by atoms with Crippen LogP contribution < -0.4 is 21.3 Å². The lowest BCUT2D eigenvalue weighted by Crippen LogP contribution is -2.48. The summed E-state index contributed by atoms with van der Waals surface area (Å²) in [6.07, 6.45) is -1.25. The number of imidazole rings is 1. The number of carbonyl (C=O) groups is 6. The molecule has 62 heavy (non-hydrogen) atoms. The summed E-state index contributed by atoms with van der Waals surface area (Å²) in [7, 11) is 0. The zero-order valence-electron chi connectivity index (χ0n) is 33.7. The van der Waals surface area contributed by atoms with Crippen molar-refractivity contribution in [2.75, 3.05) is 29.9 Å². The van der Waals surface area contributed by atoms with Crippen LogP contribution in [0.15, 0.2) is 91.1 Å². The molecular weight excluding hydrogens is 825 g/mol. The van der Waals surface area contributed by atoms with Gasteiger partial charge in [0.25, 0.3) is 11.8 Å². The van der Waals surface area contributed by atoms with Crippen LogP contribution in [0, 0.1) is 17.0 Å². The van der Waals surface area contributed by atoms with Gasteiger partial charge in [0.1, 0.15) is 24.1 Å². The molecule has 0 radical (unpaired) electrons. The normalized spacial score (nSPS) is 13.5. The average Bonchev–Trinajstić information content (AvgIpc) is 3.77. The van der Waals surface area contributed by atoms with Crippen LogP contribution in [0.25, 0.3) is 11.3 Å². The van der Waals surface area contributed by atoms with Gasteiger partial charge in [-0.05, 0) is 59.9 Å². The predicted octanol–water partition coefficient (Wildman–Crippen LogP) is 4.71. The first-order chi connectivity index (χ1) is 29.1. The molecule has 5 rings (SSSR count). The van der Waals surface area contributed by atoms with E-state index in [0.717, 1.165) is 28.7 Å². The largest absolute Gasteiger partial charge is 0.490 e. The summed E-state index contributed by atoms with van der Waals surface area (Å²) in [5, 5.41) is 22.5. The number of halogens is 5. The molecule has 15 nitrogen and oxygen atoms in total. The number of carboxylic acids is 1. The summed E-state index contributed by atoms with van der Waals surface area (Å²) in [6, 6.07) is 16.7. The summed E-state index contributed by atoms with van der Waals surface area (Å²) in [4.78, 5) is 78.8. The molecule has 6 N–H and O–H groups in total. The first-order valence-electron chi connectivity index (χ1n) is 18.9. The van der Waals surface area contributed by atoms with Crippen LogP contribution >= 0.6 is 0 Å². The lowest BCUT2D eigenvalue weighted by molar-refractivity contribution is -0.192. The Bertz CT molecular complexity index is 2280. The van der Waals surface area contributed by atoms with Gasteiger partial charge < -0.3 is 36.0 Å². The number of alkyl halides is 3. The van der Waals surface area contributed by atoms with Crippen molar-refractivity contribution in [3.63, 3.8) is 0 Å². The maximum atomic E-state index is 15.0. The van der Waals surface area contributed by atoms with E-state index in [1.165, 1.54) is 29.2 Å². The third-order valence-corrected chi connectivity index (χ3v) is 9.17. The van der Waals surface area contributed by atoms with Crippen LogP contribution in [0.3, 0.4) is 0 Å². The van der Waals surface area contributed by atoms with Crippen molar-refractivity contribution in [3.8, 4) is 11.3 Å². The van der Waals surface area contributed by atoms with Crippen LogP contribution in [-0.4, -0.2) is 92.1 Å². The molecule has 2 heterocycles. The van der Waals surface area contributed by atoms with Crippen LogP contribution in [0.5, 0.6) is 0 Å². The second kappa shape index (κ2) is 20.6. The molecule has 20 heteroatoms. The number of aliphatic hydroxyl groups is 1. The van der Waals surface area contributed by atoms with Gasteiger partial charge in [0.05, 0.1) is 23.5 Å². The Labute approximate surface area is 352 Å². The number of aliphatic carboxylic acids is 1. The highest BCUT2D eigenvalue weighted by Gasteiger charge is 2.39. The zero-order valence-corrected chi connectivity index (χ0v) is 33.7. The molecule has 1 aliphatic rings. The minimum atomic E-state index is -5.08. The van der Waals surface area contributed by atoms with Gasteiger partial charge in [0.2, 0.25) is 17.7 Å². The molecule has 0 aliphatic carbocycles. The Morgan fingerprint density at radius 2 is 1.53 bits per heavy atom. The van der Waals surface area contributed by atoms with Gasteiger partial charge in [-0.25, -0.2) is 23.5 Å². The van der Waals surface area contributed by atoms with E-state index in [2.05, 4.69) is 10.6 Å². The Hall–Kier alpha value is -6.80. The molecular formula is C42H44F5N7O8. The summed E-state index contributed by atoms with van der Waals surface area (Å²) in [5.74, 6) is -6.28. The van der Waals surface area contributed by atoms with Crippen molar-refractivity contribution in [3.05, 3.63) is 114 Å². The third-order valence-electron chi connectivity index (χ3n) is 9.17. The van der Waals surface area contributed by atoms with Crippen molar-refractivity contribution < 1.29 is 60.9 Å². The van der Waals surface area contributed by atoms with E-state index in [0.29, 0.717) is 17.2 Å². The molecule has 0 fully saturated rings. The highest BCUT2D eigenvalue weighted by Crippen LogP contribution is 2.39. The first kappa shape index (κ1) is 47.9. The molecule has 0 unspecified atom stereocenters. The Morgan fingerprint density at radius 1 is 0.919 bits per heavy atom. The number of amides is 5. The van der Waals surface area contributed by atoms with Crippen molar-refractivity contribution in [1.29, 1.82) is 0 Å². The van der Waals surface area contributed by atoms with Crippen LogP contribution in [0.2, 0.25) is 0 Å². The van der Waals surface area contributed by atoms with Gasteiger partial charge in [-0.2, -0.15) is 13.2 Å². The maximum absolute atomic E-state index is 15.0. The average molecular weight is 870 g/mol. The molecule has 5 amide bonds. The van der Waals surface area contributed by atoms with Crippen molar-refractivity contribution in [1.82, 2.24) is 19.8 Å². The number of benzene rings is 3. The predicted molar refractivity (Wildman–Crippen MR) is 215 cm³/mol. The van der Waals surface area contributed by atoms with Gasteiger partial charge in [-0.1, -0.05) is 51.1 Å². The Balaban J connectivity index is 0.00000111. The second-order valence-corrected chi connectivity index (χ2v) is 14.9. The fraction of sp³-hybridized carbons (Fsp3) is 0.310.